The SMILES string of the molecule is CCCCCCCCCCCCCCCCCCNC(=O)OCC(COC(=O)NCCCCCCCCCCCCCCCCCC)(COC(=O)NCCCCCCCCCCCCCCCCCC)NC(=O)CCN(C)C. The molecule has 0 aliphatic heterocycles. The molecule has 0 aromatic rings. The normalized spacial score (nSPS) is 11.5. The van der Waals surface area contributed by atoms with Crippen LogP contribution in [0.25, 0.3) is 0 Å². The summed E-state index contributed by atoms with van der Waals surface area (Å²) in [5.74, 6) is -0.338. The fraction of sp³-hybridized carbons (Fsp3) is 0.939. The summed E-state index contributed by atoms with van der Waals surface area (Å²) in [5, 5.41) is 11.5. The van der Waals surface area contributed by atoms with Gasteiger partial charge in [0, 0.05) is 32.6 Å². The van der Waals surface area contributed by atoms with E-state index >= 15 is 0 Å². The third-order valence-electron chi connectivity index (χ3n) is 15.5. The molecule has 0 rings (SSSR count). The second-order valence-corrected chi connectivity index (χ2v) is 23.8. The number of nitrogens with zero attached hydrogens (tertiary/aromatic N) is 1. The molecule has 0 fully saturated rings. The highest BCUT2D eigenvalue weighted by molar-refractivity contribution is 5.77. The molecule has 4 amide bonds. The average molecular weight is 1110 g/mol. The van der Waals surface area contributed by atoms with Crippen molar-refractivity contribution in [1.29, 1.82) is 0 Å². The number of carbonyl (C=O) groups is 4. The Hall–Kier alpha value is -2.76. The molecule has 0 atom stereocenters. The third-order valence-corrected chi connectivity index (χ3v) is 15.5. The molecule has 0 aromatic carbocycles. The Bertz CT molecular complexity index is 1170. The second kappa shape index (κ2) is 60.3. The first-order chi connectivity index (χ1) is 38.2. The van der Waals surface area contributed by atoms with Crippen molar-refractivity contribution in [3.05, 3.63) is 0 Å². The molecule has 462 valence electrons. The van der Waals surface area contributed by atoms with Crippen molar-refractivity contribution in [2.45, 2.75) is 341 Å². The quantitative estimate of drug-likeness (QED) is 0.0348. The number of rotatable bonds is 61. The number of unbranched alkanes of at least 4 members (excludes halogenated alkanes) is 45. The predicted molar refractivity (Wildman–Crippen MR) is 331 cm³/mol. The highest BCUT2D eigenvalue weighted by atomic mass is 16.6. The molecule has 0 radical (unpaired) electrons. The molecular formula is C66H131N5O7. The first-order valence-corrected chi connectivity index (χ1v) is 33.9. The van der Waals surface area contributed by atoms with Crippen LogP contribution in [0.3, 0.4) is 0 Å². The minimum atomic E-state index is -1.51. The molecule has 0 heterocycles. The largest absolute Gasteiger partial charge is 0.447 e. The highest BCUT2D eigenvalue weighted by Gasteiger charge is 2.38. The van der Waals surface area contributed by atoms with E-state index in [0.29, 0.717) is 26.2 Å². The Labute approximate surface area is 482 Å². The highest BCUT2D eigenvalue weighted by Crippen LogP contribution is 2.18. The standard InChI is InChI=1S/C66H131N5O7/c1-6-9-12-15-18-21-24-27-30-33-36-39-42-45-48-51-55-67-63(73)76-59-66(70-62(72)54-58-71(4)5,60-77-64(74)68-56-52-49-46-43-40-37-34-31-28-25-22-19-16-13-10-7-2)61-78-65(75)69-57-53-50-47-44-41-38-35-32-29-26-23-20-17-14-11-8-3/h6-61H2,1-5H3,(H,67,73)(H,68,74)(H,69,75)(H,70,72). The van der Waals surface area contributed by atoms with Gasteiger partial charge < -0.3 is 40.4 Å². The van der Waals surface area contributed by atoms with Crippen molar-refractivity contribution in [3.8, 4) is 0 Å². The van der Waals surface area contributed by atoms with Gasteiger partial charge in [-0.3, -0.25) is 4.79 Å². The van der Waals surface area contributed by atoms with Gasteiger partial charge in [0.25, 0.3) is 0 Å². The number of ether oxygens (including phenoxy) is 3. The molecule has 0 aromatic heterocycles. The van der Waals surface area contributed by atoms with Crippen LogP contribution in [0.5, 0.6) is 0 Å². The van der Waals surface area contributed by atoms with Crippen molar-refractivity contribution in [2.75, 3.05) is 60.1 Å². The fourth-order valence-corrected chi connectivity index (χ4v) is 10.3. The van der Waals surface area contributed by atoms with E-state index in [1.807, 2.05) is 19.0 Å². The van der Waals surface area contributed by atoms with Crippen LogP contribution < -0.4 is 21.3 Å². The fourth-order valence-electron chi connectivity index (χ4n) is 10.3. The van der Waals surface area contributed by atoms with E-state index in [2.05, 4.69) is 42.0 Å². The van der Waals surface area contributed by atoms with Crippen LogP contribution in [0.4, 0.5) is 14.4 Å². The van der Waals surface area contributed by atoms with E-state index in [-0.39, 0.29) is 32.1 Å². The molecule has 12 heteroatoms. The lowest BCUT2D eigenvalue weighted by molar-refractivity contribution is -0.125. The summed E-state index contributed by atoms with van der Waals surface area (Å²) in [6.45, 7) is 7.63. The maximum Gasteiger partial charge on any atom is 0.407 e. The molecular weight excluding hydrogens is 975 g/mol. The minimum Gasteiger partial charge on any atom is -0.447 e. The van der Waals surface area contributed by atoms with E-state index in [0.717, 1.165) is 57.8 Å². The van der Waals surface area contributed by atoms with Crippen LogP contribution >= 0.6 is 0 Å². The molecule has 0 spiro atoms. The summed E-state index contributed by atoms with van der Waals surface area (Å²) in [4.78, 5) is 54.6. The number of amides is 4. The van der Waals surface area contributed by atoms with Crippen LogP contribution in [-0.2, 0) is 19.0 Å². The van der Waals surface area contributed by atoms with E-state index in [1.54, 1.807) is 0 Å². The minimum absolute atomic E-state index is 0.150. The summed E-state index contributed by atoms with van der Waals surface area (Å²) < 4.78 is 17.2. The van der Waals surface area contributed by atoms with Gasteiger partial charge in [-0.1, -0.05) is 310 Å². The smallest absolute Gasteiger partial charge is 0.407 e. The van der Waals surface area contributed by atoms with Crippen molar-refractivity contribution in [3.63, 3.8) is 0 Å². The summed E-state index contributed by atoms with van der Waals surface area (Å²) in [5.41, 5.74) is -1.51. The first kappa shape index (κ1) is 75.2. The van der Waals surface area contributed by atoms with Crippen LogP contribution in [0, 0.1) is 0 Å². The molecule has 0 bridgehead atoms. The Kier molecular flexibility index (Phi) is 58.2. The summed E-state index contributed by atoms with van der Waals surface area (Å²) in [7, 11) is 3.76. The van der Waals surface area contributed by atoms with Gasteiger partial charge in [0.05, 0.1) is 0 Å². The maximum atomic E-state index is 13.4. The van der Waals surface area contributed by atoms with E-state index in [1.165, 1.54) is 250 Å². The van der Waals surface area contributed by atoms with Gasteiger partial charge in [-0.25, -0.2) is 14.4 Å². The summed E-state index contributed by atoms with van der Waals surface area (Å²) in [6.07, 6.45) is 59.5. The van der Waals surface area contributed by atoms with Crippen molar-refractivity contribution < 1.29 is 33.4 Å². The molecule has 0 saturated heterocycles. The van der Waals surface area contributed by atoms with Gasteiger partial charge in [0.1, 0.15) is 25.4 Å². The average Bonchev–Trinajstić information content (AvgIpc) is 3.43. The number of alkyl carbamates (subject to hydrolysis) is 3. The Morgan fingerprint density at radius 2 is 0.500 bits per heavy atom. The Morgan fingerprint density at radius 1 is 0.308 bits per heavy atom. The lowest BCUT2D eigenvalue weighted by atomic mass is 10.0. The van der Waals surface area contributed by atoms with Crippen molar-refractivity contribution >= 4 is 24.2 Å². The molecule has 0 aliphatic rings. The molecule has 0 aliphatic carbocycles. The summed E-state index contributed by atoms with van der Waals surface area (Å²) in [6, 6.07) is 0. The Balaban J connectivity index is 5.01. The lowest BCUT2D eigenvalue weighted by Gasteiger charge is -2.33. The van der Waals surface area contributed by atoms with Gasteiger partial charge in [0.2, 0.25) is 5.91 Å². The zero-order valence-electron chi connectivity index (χ0n) is 52.4. The number of hydrogen-bond acceptors (Lipinski definition) is 8. The molecule has 12 nitrogen and oxygen atoms in total. The van der Waals surface area contributed by atoms with Crippen molar-refractivity contribution in [1.82, 2.24) is 26.2 Å². The van der Waals surface area contributed by atoms with Crippen LogP contribution in [-0.4, -0.2) is 94.7 Å². The van der Waals surface area contributed by atoms with Gasteiger partial charge in [-0.15, -0.1) is 0 Å². The van der Waals surface area contributed by atoms with Gasteiger partial charge in [-0.05, 0) is 33.4 Å². The predicted octanol–water partition coefficient (Wildman–Crippen LogP) is 18.8. The zero-order chi connectivity index (χ0) is 56.9. The van der Waals surface area contributed by atoms with Crippen LogP contribution in [0.2, 0.25) is 0 Å². The van der Waals surface area contributed by atoms with E-state index in [4.69, 9.17) is 14.2 Å². The molecule has 78 heavy (non-hydrogen) atoms. The topological polar surface area (TPSA) is 147 Å². The van der Waals surface area contributed by atoms with E-state index in [9.17, 15) is 19.2 Å². The number of hydrogen-bond donors (Lipinski definition) is 4. The van der Waals surface area contributed by atoms with Crippen LogP contribution in [0.1, 0.15) is 335 Å². The monoisotopic (exact) mass is 1110 g/mol. The number of carbonyl (C=O) groups excluding carboxylic acids is 4. The molecule has 0 unspecified atom stereocenters. The van der Waals surface area contributed by atoms with Gasteiger partial charge in [-0.2, -0.15) is 0 Å². The summed E-state index contributed by atoms with van der Waals surface area (Å²) >= 11 is 0. The van der Waals surface area contributed by atoms with Gasteiger partial charge >= 0.3 is 18.3 Å². The number of nitrogens with one attached hydrogen (secondary N) is 4. The third kappa shape index (κ3) is 56.5. The van der Waals surface area contributed by atoms with E-state index < -0.39 is 23.8 Å². The van der Waals surface area contributed by atoms with Gasteiger partial charge in [0.15, 0.2) is 0 Å². The first-order valence-electron chi connectivity index (χ1n) is 33.9. The van der Waals surface area contributed by atoms with Crippen LogP contribution in [0.15, 0.2) is 0 Å². The second-order valence-electron chi connectivity index (χ2n) is 23.8. The lowest BCUT2D eigenvalue weighted by Crippen LogP contribution is -2.60. The molecule has 4 N–H and O–H groups in total. The molecule has 0 saturated carbocycles. The Morgan fingerprint density at radius 3 is 0.692 bits per heavy atom. The van der Waals surface area contributed by atoms with Crippen molar-refractivity contribution in [2.24, 2.45) is 0 Å². The maximum absolute atomic E-state index is 13.4. The zero-order valence-corrected chi connectivity index (χ0v) is 52.4.